The van der Waals surface area contributed by atoms with E-state index in [9.17, 15) is 0 Å². The first-order chi connectivity index (χ1) is 6.43. The van der Waals surface area contributed by atoms with E-state index in [4.69, 9.17) is 11.6 Å². The third-order valence-corrected chi connectivity index (χ3v) is 3.44. The summed E-state index contributed by atoms with van der Waals surface area (Å²) in [5.41, 5.74) is 5.46. The summed E-state index contributed by atoms with van der Waals surface area (Å²) in [4.78, 5) is 0. The molecule has 0 radical (unpaired) electrons. The Hall–Kier alpha value is -0.490. The fraction of sp³-hybridized carbons (Fsp3) is 0.538. The van der Waals surface area contributed by atoms with Crippen molar-refractivity contribution in [3.05, 3.63) is 34.4 Å². The van der Waals surface area contributed by atoms with Crippen LogP contribution in [0.5, 0.6) is 0 Å². The van der Waals surface area contributed by atoms with Gasteiger partial charge in [-0.15, -0.1) is 11.6 Å². The minimum atomic E-state index is 0.191. The molecule has 0 spiro atoms. The summed E-state index contributed by atoms with van der Waals surface area (Å²) in [7, 11) is 0. The summed E-state index contributed by atoms with van der Waals surface area (Å²) < 4.78 is 0. The molecule has 1 aromatic rings. The lowest BCUT2D eigenvalue weighted by Gasteiger charge is -2.18. The first kappa shape index (κ1) is 11.6. The third kappa shape index (κ3) is 2.30. The Morgan fingerprint density at radius 2 is 1.43 bits per heavy atom. The first-order valence-electron chi connectivity index (χ1n) is 5.15. The van der Waals surface area contributed by atoms with Gasteiger partial charge in [-0.2, -0.15) is 0 Å². The van der Waals surface area contributed by atoms with Crippen molar-refractivity contribution in [2.75, 3.05) is 0 Å². The van der Waals surface area contributed by atoms with Crippen LogP contribution in [0.1, 0.15) is 42.0 Å². The van der Waals surface area contributed by atoms with Gasteiger partial charge in [-0.25, -0.2) is 0 Å². The van der Waals surface area contributed by atoms with Gasteiger partial charge in [0.1, 0.15) is 0 Å². The first-order valence-corrected chi connectivity index (χ1v) is 5.59. The van der Waals surface area contributed by atoms with E-state index in [0.717, 1.165) is 0 Å². The average Bonchev–Trinajstić information content (AvgIpc) is 2.10. The van der Waals surface area contributed by atoms with Crippen LogP contribution in [0.4, 0.5) is 0 Å². The van der Waals surface area contributed by atoms with Crippen LogP contribution in [-0.2, 0) is 0 Å². The van der Waals surface area contributed by atoms with E-state index in [0.29, 0.717) is 5.92 Å². The second kappa shape index (κ2) is 4.35. The molecule has 0 aliphatic heterocycles. The Bertz CT molecular complexity index is 326. The molecule has 0 amide bonds. The lowest BCUT2D eigenvalue weighted by Crippen LogP contribution is -2.07. The number of aryl methyl sites for hydroxylation is 3. The molecule has 0 fully saturated rings. The summed E-state index contributed by atoms with van der Waals surface area (Å²) >= 11 is 6.13. The van der Waals surface area contributed by atoms with Crippen molar-refractivity contribution in [2.45, 2.75) is 45.9 Å². The maximum Gasteiger partial charge on any atom is 0.0373 e. The molecule has 0 N–H and O–H groups in total. The van der Waals surface area contributed by atoms with Crippen molar-refractivity contribution >= 4 is 11.6 Å². The van der Waals surface area contributed by atoms with Crippen LogP contribution in [0.15, 0.2) is 12.1 Å². The Morgan fingerprint density at radius 3 is 1.93 bits per heavy atom. The monoisotopic (exact) mass is 210 g/mol. The van der Waals surface area contributed by atoms with Crippen LogP contribution in [0.2, 0.25) is 0 Å². The number of hydrogen-bond donors (Lipinski definition) is 0. The van der Waals surface area contributed by atoms with Crippen LogP contribution in [0, 0.1) is 20.8 Å². The van der Waals surface area contributed by atoms with Crippen molar-refractivity contribution in [1.29, 1.82) is 0 Å². The maximum atomic E-state index is 6.13. The maximum absolute atomic E-state index is 6.13. The predicted molar refractivity (Wildman–Crippen MR) is 64.4 cm³/mol. The zero-order chi connectivity index (χ0) is 10.9. The van der Waals surface area contributed by atoms with Crippen LogP contribution >= 0.6 is 11.6 Å². The molecule has 78 valence electrons. The average molecular weight is 211 g/mol. The topological polar surface area (TPSA) is 0 Å². The molecule has 1 aromatic carbocycles. The Labute approximate surface area is 92.3 Å². The summed E-state index contributed by atoms with van der Waals surface area (Å²) in [6.45, 7) is 10.7. The van der Waals surface area contributed by atoms with E-state index in [1.54, 1.807) is 0 Å². The lowest BCUT2D eigenvalue weighted by atomic mass is 9.91. The highest BCUT2D eigenvalue weighted by atomic mass is 35.5. The van der Waals surface area contributed by atoms with E-state index in [1.807, 2.05) is 0 Å². The van der Waals surface area contributed by atoms with Crippen molar-refractivity contribution in [1.82, 2.24) is 0 Å². The van der Waals surface area contributed by atoms with Crippen LogP contribution in [0.25, 0.3) is 0 Å². The number of alkyl halides is 1. The molecule has 1 heteroatoms. The predicted octanol–water partition coefficient (Wildman–Crippen LogP) is 4.34. The quantitative estimate of drug-likeness (QED) is 0.637. The molecule has 14 heavy (non-hydrogen) atoms. The highest BCUT2D eigenvalue weighted by Gasteiger charge is 2.14. The molecular formula is C13H19Cl. The zero-order valence-corrected chi connectivity index (χ0v) is 10.4. The number of benzene rings is 1. The fourth-order valence-corrected chi connectivity index (χ4v) is 1.86. The van der Waals surface area contributed by atoms with Gasteiger partial charge in [0.2, 0.25) is 0 Å². The largest absolute Gasteiger partial charge is 0.123 e. The van der Waals surface area contributed by atoms with Gasteiger partial charge in [0, 0.05) is 5.38 Å². The summed E-state index contributed by atoms with van der Waals surface area (Å²) in [6.07, 6.45) is 0. The summed E-state index contributed by atoms with van der Waals surface area (Å²) in [5, 5.41) is 0.191. The fourth-order valence-electron chi connectivity index (χ4n) is 1.72. The molecule has 2 unspecified atom stereocenters. The van der Waals surface area contributed by atoms with Gasteiger partial charge in [0.25, 0.3) is 0 Å². The van der Waals surface area contributed by atoms with E-state index in [-0.39, 0.29) is 5.38 Å². The van der Waals surface area contributed by atoms with Crippen molar-refractivity contribution in [2.24, 2.45) is 0 Å². The minimum Gasteiger partial charge on any atom is -0.123 e. The van der Waals surface area contributed by atoms with Crippen LogP contribution in [-0.4, -0.2) is 5.38 Å². The molecule has 2 atom stereocenters. The van der Waals surface area contributed by atoms with Crippen molar-refractivity contribution < 1.29 is 0 Å². The molecule has 0 aliphatic rings. The normalized spacial score (nSPS) is 15.3. The van der Waals surface area contributed by atoms with E-state index < -0.39 is 0 Å². The molecule has 0 nitrogen and oxygen atoms in total. The van der Waals surface area contributed by atoms with Crippen LogP contribution in [0.3, 0.4) is 0 Å². The molecule has 0 aliphatic carbocycles. The van der Waals surface area contributed by atoms with Gasteiger partial charge in [-0.3, -0.25) is 0 Å². The van der Waals surface area contributed by atoms with Gasteiger partial charge in [-0.05, 0) is 55.9 Å². The molecule has 0 saturated heterocycles. The summed E-state index contributed by atoms with van der Waals surface area (Å²) in [6, 6.07) is 4.52. The van der Waals surface area contributed by atoms with Crippen molar-refractivity contribution in [3.8, 4) is 0 Å². The Balaban J connectivity index is 3.15. The molecule has 1 rings (SSSR count). The second-order valence-electron chi connectivity index (χ2n) is 4.26. The Morgan fingerprint density at radius 1 is 0.929 bits per heavy atom. The molecule has 0 saturated carbocycles. The number of halogens is 1. The Kier molecular flexibility index (Phi) is 3.60. The lowest BCUT2D eigenvalue weighted by molar-refractivity contribution is 0.735. The van der Waals surface area contributed by atoms with Gasteiger partial charge >= 0.3 is 0 Å². The van der Waals surface area contributed by atoms with Gasteiger partial charge in [-0.1, -0.05) is 19.1 Å². The number of hydrogen-bond acceptors (Lipinski definition) is 0. The van der Waals surface area contributed by atoms with Gasteiger partial charge < -0.3 is 0 Å². The smallest absolute Gasteiger partial charge is 0.0373 e. The van der Waals surface area contributed by atoms with E-state index in [1.165, 1.54) is 22.3 Å². The van der Waals surface area contributed by atoms with Gasteiger partial charge in [0.05, 0.1) is 0 Å². The molecule has 0 aromatic heterocycles. The zero-order valence-electron chi connectivity index (χ0n) is 9.69. The van der Waals surface area contributed by atoms with E-state index in [2.05, 4.69) is 46.8 Å². The standard InChI is InChI=1S/C13H19Cl/c1-8-6-10(3)13(7-9(8)2)11(4)12(5)14/h6-7,11-12H,1-5H3. The molecular weight excluding hydrogens is 192 g/mol. The second-order valence-corrected chi connectivity index (χ2v) is 4.95. The van der Waals surface area contributed by atoms with Crippen molar-refractivity contribution in [3.63, 3.8) is 0 Å². The third-order valence-electron chi connectivity index (χ3n) is 3.06. The minimum absolute atomic E-state index is 0.191. The SMILES string of the molecule is Cc1cc(C)c(C(C)C(C)Cl)cc1C. The summed E-state index contributed by atoms with van der Waals surface area (Å²) in [5.74, 6) is 0.427. The highest BCUT2D eigenvalue weighted by Crippen LogP contribution is 2.27. The molecule has 0 heterocycles. The number of rotatable bonds is 2. The molecule has 0 bridgehead atoms. The van der Waals surface area contributed by atoms with E-state index >= 15 is 0 Å². The van der Waals surface area contributed by atoms with Crippen LogP contribution < -0.4 is 0 Å². The van der Waals surface area contributed by atoms with Gasteiger partial charge in [0.15, 0.2) is 0 Å². The highest BCUT2D eigenvalue weighted by molar-refractivity contribution is 6.20.